The Kier molecular flexibility index (Phi) is 13.4. The molecule has 0 amide bonds. The molecule has 0 saturated carbocycles. The zero-order valence-corrected chi connectivity index (χ0v) is 26.1. The Hall–Kier alpha value is -1.87. The van der Waals surface area contributed by atoms with Gasteiger partial charge >= 0.3 is 22.2 Å². The summed E-state index contributed by atoms with van der Waals surface area (Å²) in [6.07, 6.45) is -36.3. The highest BCUT2D eigenvalue weighted by molar-refractivity contribution is 7.83. The van der Waals surface area contributed by atoms with Gasteiger partial charge in [0.25, 0.3) is 0 Å². The molecule has 0 aromatic heterocycles. The monoisotopic (exact) mass is 757 g/mol. The van der Waals surface area contributed by atoms with Crippen LogP contribution in [0.2, 0.25) is 0 Å². The van der Waals surface area contributed by atoms with Crippen molar-refractivity contribution in [1.29, 1.82) is 0 Å². The quantitative estimate of drug-likeness (QED) is 0.0775. The molecule has 25 nitrogen and oxygen atoms in total. The van der Waals surface area contributed by atoms with Crippen molar-refractivity contribution in [3.8, 4) is 0 Å². The Morgan fingerprint density at radius 3 is 1.50 bits per heavy atom. The fraction of sp³-hybridized carbons (Fsp3) is 0.917. The number of carboxylic acid groups (broad SMARTS) is 2. The number of nitrogens with one attached hydrogen (secondary N) is 1. The second-order valence-corrected chi connectivity index (χ2v) is 12.9. The SMILES string of the molecule is O=C(O)[C@@H]1O[C@@H](O[C@H]2[C@H](O)[C@@H](NS(=O)(=O)O)[C@@H](O[C@H]3[C@H](O)[C@@H](O)[C@H](O[C@H]4[C@H](O)[C@@H](CO)O[C@@H]4CO)O[C@H]3C(=O)O)O[C@@H]2CO)[C@H](O)[C@@H](O)[C@@H]1O. The Labute approximate surface area is 280 Å². The molecule has 4 saturated heterocycles. The van der Waals surface area contributed by atoms with Gasteiger partial charge in [-0.15, -0.1) is 0 Å². The van der Waals surface area contributed by atoms with Gasteiger partial charge in [-0.05, 0) is 0 Å². The van der Waals surface area contributed by atoms with Crippen LogP contribution in [0.1, 0.15) is 0 Å². The van der Waals surface area contributed by atoms with Crippen molar-refractivity contribution in [2.45, 2.75) is 116 Å². The Morgan fingerprint density at radius 2 is 1.00 bits per heavy atom. The summed E-state index contributed by atoms with van der Waals surface area (Å²) in [6, 6.07) is -2.26. The van der Waals surface area contributed by atoms with E-state index >= 15 is 0 Å². The minimum Gasteiger partial charge on any atom is -0.479 e. The van der Waals surface area contributed by atoms with Crippen molar-refractivity contribution in [2.24, 2.45) is 0 Å². The largest absolute Gasteiger partial charge is 0.479 e. The Bertz CT molecular complexity index is 1270. The third-order valence-electron chi connectivity index (χ3n) is 8.41. The molecule has 4 aliphatic rings. The van der Waals surface area contributed by atoms with Crippen molar-refractivity contribution in [2.75, 3.05) is 19.8 Å². The lowest BCUT2D eigenvalue weighted by Crippen LogP contribution is -2.69. The van der Waals surface area contributed by atoms with E-state index in [2.05, 4.69) is 0 Å². The van der Waals surface area contributed by atoms with Crippen LogP contribution in [-0.2, 0) is 53.1 Å². The van der Waals surface area contributed by atoms with E-state index in [1.165, 1.54) is 4.72 Å². The van der Waals surface area contributed by atoms with Gasteiger partial charge in [0.05, 0.1) is 19.8 Å². The van der Waals surface area contributed by atoms with Crippen LogP contribution in [0.15, 0.2) is 0 Å². The second-order valence-electron chi connectivity index (χ2n) is 11.7. The molecule has 0 radical (unpaired) electrons. The number of ether oxygens (including phenoxy) is 7. The summed E-state index contributed by atoms with van der Waals surface area (Å²) in [5.74, 6) is -3.71. The summed E-state index contributed by atoms with van der Waals surface area (Å²) in [4.78, 5) is 23.7. The number of hydrogen-bond donors (Lipinski definition) is 14. The summed E-state index contributed by atoms with van der Waals surface area (Å²) in [7, 11) is -5.33. The van der Waals surface area contributed by atoms with Crippen LogP contribution in [-0.4, -0.2) is 222 Å². The third-order valence-corrected chi connectivity index (χ3v) is 8.98. The zero-order chi connectivity index (χ0) is 37.4. The fourth-order valence-electron chi connectivity index (χ4n) is 5.86. The highest BCUT2D eigenvalue weighted by atomic mass is 32.2. The Morgan fingerprint density at radius 1 is 0.540 bits per heavy atom. The minimum atomic E-state index is -5.33. The van der Waals surface area contributed by atoms with Crippen LogP contribution in [0.25, 0.3) is 0 Å². The van der Waals surface area contributed by atoms with E-state index in [1.807, 2.05) is 0 Å². The molecular weight excluding hydrogens is 718 g/mol. The number of carboxylic acids is 2. The number of hydrogen-bond acceptors (Lipinski definition) is 21. The Balaban J connectivity index is 1.57. The van der Waals surface area contributed by atoms with E-state index in [1.54, 1.807) is 0 Å². The summed E-state index contributed by atoms with van der Waals surface area (Å²) in [6.45, 7) is -2.64. The lowest BCUT2D eigenvalue weighted by atomic mass is 9.95. The topological polar surface area (TPSA) is 408 Å². The molecule has 26 heteroatoms. The maximum absolute atomic E-state index is 12.2. The summed E-state index contributed by atoms with van der Waals surface area (Å²) < 4.78 is 71.9. The van der Waals surface area contributed by atoms with Crippen molar-refractivity contribution < 1.29 is 117 Å². The highest BCUT2D eigenvalue weighted by Crippen LogP contribution is 2.34. The molecule has 0 unspecified atom stereocenters. The first-order chi connectivity index (χ1) is 23.3. The molecule has 19 atom stereocenters. The fourth-order valence-corrected chi connectivity index (χ4v) is 6.45. The van der Waals surface area contributed by atoms with Crippen LogP contribution in [0.5, 0.6) is 0 Å². The van der Waals surface area contributed by atoms with E-state index in [-0.39, 0.29) is 0 Å². The number of aliphatic hydroxyl groups excluding tert-OH is 10. The molecule has 4 aliphatic heterocycles. The normalized spacial score (nSPS) is 47.2. The summed E-state index contributed by atoms with van der Waals surface area (Å²) in [5.41, 5.74) is 0. The number of rotatable bonds is 13. The van der Waals surface area contributed by atoms with Crippen molar-refractivity contribution in [1.82, 2.24) is 4.72 Å². The van der Waals surface area contributed by atoms with Gasteiger partial charge in [0.2, 0.25) is 0 Å². The smallest absolute Gasteiger partial charge is 0.335 e. The first-order valence-electron chi connectivity index (χ1n) is 14.7. The number of carbonyl (C=O) groups is 2. The molecule has 0 bridgehead atoms. The highest BCUT2D eigenvalue weighted by Gasteiger charge is 2.57. The van der Waals surface area contributed by atoms with Crippen LogP contribution >= 0.6 is 0 Å². The van der Waals surface area contributed by atoms with Gasteiger partial charge in [-0.1, -0.05) is 0 Å². The molecule has 14 N–H and O–H groups in total. The molecule has 0 spiro atoms. The van der Waals surface area contributed by atoms with E-state index in [0.717, 1.165) is 0 Å². The molecule has 4 rings (SSSR count). The first kappa shape index (κ1) is 40.9. The number of aliphatic hydroxyl groups is 10. The van der Waals surface area contributed by atoms with Crippen molar-refractivity contribution >= 4 is 22.2 Å². The van der Waals surface area contributed by atoms with Crippen molar-refractivity contribution in [3.63, 3.8) is 0 Å². The lowest BCUT2D eigenvalue weighted by molar-refractivity contribution is -0.364. The van der Waals surface area contributed by atoms with E-state index in [4.69, 9.17) is 33.2 Å². The van der Waals surface area contributed by atoms with E-state index in [0.29, 0.717) is 0 Å². The predicted octanol–water partition coefficient (Wildman–Crippen LogP) is -9.48. The summed E-state index contributed by atoms with van der Waals surface area (Å²) in [5, 5.41) is 122. The zero-order valence-electron chi connectivity index (χ0n) is 25.3. The molecule has 0 aromatic rings. The van der Waals surface area contributed by atoms with Gasteiger partial charge in [0.1, 0.15) is 85.4 Å². The number of aliphatic carboxylic acids is 2. The average Bonchev–Trinajstić information content (AvgIpc) is 3.36. The molecule has 0 aromatic carbocycles. The van der Waals surface area contributed by atoms with E-state index < -0.39 is 159 Å². The van der Waals surface area contributed by atoms with Gasteiger partial charge in [0, 0.05) is 0 Å². The maximum Gasteiger partial charge on any atom is 0.335 e. The van der Waals surface area contributed by atoms with Gasteiger partial charge < -0.3 is 94.4 Å². The van der Waals surface area contributed by atoms with Crippen LogP contribution in [0.3, 0.4) is 0 Å². The van der Waals surface area contributed by atoms with Gasteiger partial charge in [-0.25, -0.2) is 9.59 Å². The average molecular weight is 758 g/mol. The van der Waals surface area contributed by atoms with Crippen LogP contribution < -0.4 is 4.72 Å². The van der Waals surface area contributed by atoms with Gasteiger partial charge in [0.15, 0.2) is 31.1 Å². The molecule has 0 aliphatic carbocycles. The standard InChI is InChI=1S/C24H39NO24S/c26-1-4-8(29)15(5(2-27)43-4)45-24-14(35)12(33)17(19(49-24)21(38)39)47-22-7(25-50(40,41)42)9(30)16(6(3-28)44-22)46-23-13(34)10(31)11(32)18(48-23)20(36)37/h4-19,22-35H,1-3H2,(H,36,37)(H,38,39)(H,40,41,42)/t4-,5-,6-,7-,8-,9-,10+,11+,12-,13-,14-,15-,16-,17+,18-,19-,22-,23-,24-/m1/s1. The van der Waals surface area contributed by atoms with Crippen LogP contribution in [0.4, 0.5) is 0 Å². The molecule has 290 valence electrons. The molecule has 4 fully saturated rings. The first-order valence-corrected chi connectivity index (χ1v) is 16.2. The van der Waals surface area contributed by atoms with E-state index in [9.17, 15) is 83.8 Å². The molecule has 4 heterocycles. The lowest BCUT2D eigenvalue weighted by Gasteiger charge is -2.48. The minimum absolute atomic E-state index is 0.725. The molecular formula is C24H39NO24S. The van der Waals surface area contributed by atoms with Crippen molar-refractivity contribution in [3.05, 3.63) is 0 Å². The maximum atomic E-state index is 12.2. The van der Waals surface area contributed by atoms with Gasteiger partial charge in [-0.2, -0.15) is 13.1 Å². The third kappa shape index (κ3) is 8.50. The predicted molar refractivity (Wildman–Crippen MR) is 146 cm³/mol. The second kappa shape index (κ2) is 16.4. The summed E-state index contributed by atoms with van der Waals surface area (Å²) >= 11 is 0. The van der Waals surface area contributed by atoms with Gasteiger partial charge in [-0.3, -0.25) is 4.55 Å². The van der Waals surface area contributed by atoms with Crippen LogP contribution in [0, 0.1) is 0 Å². The molecule has 50 heavy (non-hydrogen) atoms.